The number of carboxylic acid groups (broad SMARTS) is 1. The molecule has 11 atom stereocenters. The molecule has 0 aliphatic carbocycles. The van der Waals surface area contributed by atoms with Crippen LogP contribution in [0.15, 0.2) is 36.0 Å². The first-order valence-electron chi connectivity index (χ1n) is 17.5. The van der Waals surface area contributed by atoms with Crippen LogP contribution >= 0.6 is 0 Å². The summed E-state index contributed by atoms with van der Waals surface area (Å²) in [6.07, 6.45) is 7.73. The van der Waals surface area contributed by atoms with Crippen molar-refractivity contribution in [3.8, 4) is 0 Å². The molecule has 0 bridgehead atoms. The summed E-state index contributed by atoms with van der Waals surface area (Å²) in [7, 11) is 0. The Morgan fingerprint density at radius 2 is 1.98 bits per heavy atom. The third-order valence-electron chi connectivity index (χ3n) is 9.76. The molecule has 0 aromatic rings. The average Bonchev–Trinajstić information content (AvgIpc) is 3.79. The molecule has 2 fully saturated rings. The molecule has 0 unspecified atom stereocenters. The van der Waals surface area contributed by atoms with Gasteiger partial charge in [0.05, 0.1) is 36.4 Å². The minimum Gasteiger partial charge on any atom is -0.481 e. The van der Waals surface area contributed by atoms with Crippen molar-refractivity contribution in [3.05, 3.63) is 36.0 Å². The number of nitrogens with zero attached hydrogens (tertiary/aromatic N) is 1. The van der Waals surface area contributed by atoms with Crippen LogP contribution < -0.4 is 5.32 Å². The lowest BCUT2D eigenvalue weighted by atomic mass is 9.91. The lowest BCUT2D eigenvalue weighted by molar-refractivity contribution is -0.151. The van der Waals surface area contributed by atoms with E-state index < -0.39 is 48.0 Å². The molecule has 0 spiro atoms. The number of allylic oxidation sites excluding steroid dienone is 2. The number of amides is 1. The highest BCUT2D eigenvalue weighted by Gasteiger charge is 2.47. The van der Waals surface area contributed by atoms with Gasteiger partial charge in [-0.05, 0) is 57.1 Å². The molecule has 2 saturated heterocycles. The average molecular weight is 679 g/mol. The molecule has 0 aromatic heterocycles. The molecule has 3 aliphatic rings. The Hall–Kier alpha value is -2.77. The number of esters is 1. The molecule has 0 aromatic carbocycles. The van der Waals surface area contributed by atoms with Gasteiger partial charge in [0.25, 0.3) is 0 Å². The first kappa shape index (κ1) is 39.7. The van der Waals surface area contributed by atoms with Gasteiger partial charge >= 0.3 is 18.0 Å². The Balaban J connectivity index is 1.70. The number of carboxylic acids is 1. The summed E-state index contributed by atoms with van der Waals surface area (Å²) in [6, 6.07) is -0.132. The van der Waals surface area contributed by atoms with Gasteiger partial charge in [-0.15, -0.1) is 0 Å². The van der Waals surface area contributed by atoms with Crippen LogP contribution in [0.4, 0.5) is 4.79 Å². The number of nitrogens with one attached hydrogen (secondary N) is 1. The second-order valence-electron chi connectivity index (χ2n) is 14.2. The minimum atomic E-state index is -1.15. The Kier molecular flexibility index (Phi) is 15.1. The minimum absolute atomic E-state index is 0.0119. The number of aliphatic hydroxyl groups excluding tert-OH is 2. The zero-order chi connectivity index (χ0) is 35.6. The second-order valence-corrected chi connectivity index (χ2v) is 14.2. The SMILES string of the molecule is CC[C@H](O)[C@@H](C)[C@H]1O[C@@H]1C[C@@](C)(O)/C=C/C=C(\C)[C@H]1OC(=O)C[C@H](O)CC[C@H](C)[C@@H](OC(=O)N2CCN[C@H](CCC(=O)O)C2)/C=C/[C@@H]1C. The van der Waals surface area contributed by atoms with E-state index in [0.717, 1.165) is 5.57 Å². The number of piperazine rings is 1. The monoisotopic (exact) mass is 678 g/mol. The predicted octanol–water partition coefficient (Wildman–Crippen LogP) is 3.73. The van der Waals surface area contributed by atoms with Crippen molar-refractivity contribution < 1.29 is 49.0 Å². The number of carbonyl (C=O) groups is 3. The molecule has 0 radical (unpaired) electrons. The first-order valence-corrected chi connectivity index (χ1v) is 17.5. The van der Waals surface area contributed by atoms with E-state index in [1.54, 1.807) is 30.1 Å². The highest BCUT2D eigenvalue weighted by Crippen LogP contribution is 2.37. The van der Waals surface area contributed by atoms with Crippen molar-refractivity contribution in [2.24, 2.45) is 17.8 Å². The smallest absolute Gasteiger partial charge is 0.410 e. The highest BCUT2D eigenvalue weighted by atomic mass is 16.6. The van der Waals surface area contributed by atoms with Gasteiger partial charge in [-0.1, -0.05) is 52.0 Å². The number of ether oxygens (including phenoxy) is 3. The largest absolute Gasteiger partial charge is 0.481 e. The number of epoxide rings is 1. The quantitative estimate of drug-likeness (QED) is 0.0879. The normalized spacial score (nSPS) is 33.8. The van der Waals surface area contributed by atoms with E-state index in [2.05, 4.69) is 5.32 Å². The topological polar surface area (TPSA) is 178 Å². The zero-order valence-corrected chi connectivity index (χ0v) is 29.4. The Morgan fingerprint density at radius 1 is 1.25 bits per heavy atom. The maximum Gasteiger partial charge on any atom is 0.410 e. The molecule has 5 N–H and O–H groups in total. The van der Waals surface area contributed by atoms with E-state index in [4.69, 9.17) is 19.3 Å². The van der Waals surface area contributed by atoms with Crippen LogP contribution in [0.3, 0.4) is 0 Å². The summed E-state index contributed by atoms with van der Waals surface area (Å²) in [5.41, 5.74) is -0.422. The van der Waals surface area contributed by atoms with Crippen LogP contribution in [0.5, 0.6) is 0 Å². The molecule has 3 aliphatic heterocycles. The van der Waals surface area contributed by atoms with Crippen LogP contribution in [0, 0.1) is 17.8 Å². The first-order chi connectivity index (χ1) is 22.6. The fourth-order valence-electron chi connectivity index (χ4n) is 6.47. The van der Waals surface area contributed by atoms with E-state index >= 15 is 0 Å². The van der Waals surface area contributed by atoms with Crippen molar-refractivity contribution in [1.29, 1.82) is 0 Å². The van der Waals surface area contributed by atoms with Crippen LogP contribution in [-0.2, 0) is 23.8 Å². The van der Waals surface area contributed by atoms with E-state index in [1.807, 2.05) is 46.8 Å². The van der Waals surface area contributed by atoms with Crippen molar-refractivity contribution in [3.63, 3.8) is 0 Å². The van der Waals surface area contributed by atoms with E-state index in [1.165, 1.54) is 0 Å². The number of aliphatic carboxylic acids is 1. The standard InChI is InChI=1S/C36H58N2O10/c1-7-28(40)25(5)34-30(46-34)20-36(6,45)16-8-9-23(3)33-24(4)11-14-29(22(2)10-13-27(39)19-32(43)48-33)47-35(44)38-18-17-37-26(21-38)12-15-31(41)42/h8-9,11,14,16,22,24-30,33-34,37,39-40,45H,7,10,12-13,15,17-21H2,1-6H3,(H,41,42)/b14-11+,16-8+,23-9+/t22-,24-,25+,26+,27+,28-,29-,30+,33+,34+,36-/m0/s1. The van der Waals surface area contributed by atoms with Gasteiger partial charge in [0.15, 0.2) is 0 Å². The second kappa shape index (κ2) is 18.3. The maximum absolute atomic E-state index is 13.2. The number of carbonyl (C=O) groups excluding carboxylic acids is 2. The Bertz CT molecular complexity index is 1170. The Labute approximate surface area is 285 Å². The van der Waals surface area contributed by atoms with E-state index in [0.29, 0.717) is 51.7 Å². The van der Waals surface area contributed by atoms with Gasteiger partial charge in [0, 0.05) is 50.4 Å². The molecule has 12 heteroatoms. The molecule has 0 saturated carbocycles. The van der Waals surface area contributed by atoms with Crippen molar-refractivity contribution in [2.45, 2.75) is 135 Å². The summed E-state index contributed by atoms with van der Waals surface area (Å²) in [4.78, 5) is 38.7. The molecule has 48 heavy (non-hydrogen) atoms. The molecule has 1 amide bonds. The van der Waals surface area contributed by atoms with Crippen molar-refractivity contribution in [1.82, 2.24) is 10.2 Å². The molecule has 3 heterocycles. The number of hydrogen-bond acceptors (Lipinski definition) is 10. The van der Waals surface area contributed by atoms with E-state index in [9.17, 15) is 29.7 Å². The van der Waals surface area contributed by atoms with Crippen LogP contribution in [0.25, 0.3) is 0 Å². The number of aliphatic hydroxyl groups is 3. The summed E-state index contributed by atoms with van der Waals surface area (Å²) in [5, 5.41) is 44.0. The summed E-state index contributed by atoms with van der Waals surface area (Å²) < 4.78 is 17.6. The van der Waals surface area contributed by atoms with Crippen LogP contribution in [0.1, 0.15) is 86.5 Å². The summed E-state index contributed by atoms with van der Waals surface area (Å²) >= 11 is 0. The lowest BCUT2D eigenvalue weighted by Crippen LogP contribution is -2.53. The Morgan fingerprint density at radius 3 is 2.67 bits per heavy atom. The van der Waals surface area contributed by atoms with Gasteiger partial charge in [0.2, 0.25) is 0 Å². The van der Waals surface area contributed by atoms with Crippen LogP contribution in [0.2, 0.25) is 0 Å². The van der Waals surface area contributed by atoms with Gasteiger partial charge in [0.1, 0.15) is 12.2 Å². The van der Waals surface area contributed by atoms with Gasteiger partial charge < -0.3 is 44.9 Å². The molecular formula is C36H58N2O10. The number of cyclic esters (lactones) is 1. The van der Waals surface area contributed by atoms with E-state index in [-0.39, 0.29) is 48.8 Å². The van der Waals surface area contributed by atoms with Gasteiger partial charge in [-0.3, -0.25) is 9.59 Å². The maximum atomic E-state index is 13.2. The molecule has 272 valence electrons. The third kappa shape index (κ3) is 12.6. The third-order valence-corrected chi connectivity index (χ3v) is 9.76. The zero-order valence-electron chi connectivity index (χ0n) is 29.4. The van der Waals surface area contributed by atoms with Gasteiger partial charge in [-0.2, -0.15) is 0 Å². The highest BCUT2D eigenvalue weighted by molar-refractivity contribution is 5.70. The molecule has 3 rings (SSSR count). The molecular weight excluding hydrogens is 620 g/mol. The lowest BCUT2D eigenvalue weighted by Gasteiger charge is -2.34. The summed E-state index contributed by atoms with van der Waals surface area (Å²) in [5.74, 6) is -1.85. The fourth-order valence-corrected chi connectivity index (χ4v) is 6.47. The predicted molar refractivity (Wildman–Crippen MR) is 180 cm³/mol. The summed E-state index contributed by atoms with van der Waals surface area (Å²) in [6.45, 7) is 12.6. The number of hydrogen-bond donors (Lipinski definition) is 5. The fraction of sp³-hybridized carbons (Fsp3) is 0.750. The van der Waals surface area contributed by atoms with Crippen molar-refractivity contribution >= 4 is 18.0 Å². The molecule has 12 nitrogen and oxygen atoms in total. The van der Waals surface area contributed by atoms with Gasteiger partial charge in [-0.25, -0.2) is 4.79 Å². The number of rotatable bonds is 12. The van der Waals surface area contributed by atoms with Crippen molar-refractivity contribution in [2.75, 3.05) is 19.6 Å². The van der Waals surface area contributed by atoms with Crippen LogP contribution in [-0.4, -0.2) is 111 Å².